The number of hydrogen-bond donors (Lipinski definition) is 3. The summed E-state index contributed by atoms with van der Waals surface area (Å²) in [5.41, 5.74) is 0.846. The van der Waals surface area contributed by atoms with Crippen molar-refractivity contribution in [2.75, 3.05) is 5.75 Å². The van der Waals surface area contributed by atoms with E-state index in [1.54, 1.807) is 12.1 Å². The van der Waals surface area contributed by atoms with Gasteiger partial charge in [0.25, 0.3) is 0 Å². The Bertz CT molecular complexity index is 509. The van der Waals surface area contributed by atoms with Gasteiger partial charge >= 0.3 is 6.03 Å². The molecule has 114 valence electrons. The van der Waals surface area contributed by atoms with Gasteiger partial charge in [-0.25, -0.2) is 9.18 Å². The second-order valence-electron chi connectivity index (χ2n) is 4.96. The topological polar surface area (TPSA) is 70.2 Å². The van der Waals surface area contributed by atoms with Crippen LogP contribution < -0.4 is 16.0 Å². The third-order valence-electron chi connectivity index (χ3n) is 3.06. The van der Waals surface area contributed by atoms with Crippen molar-refractivity contribution in [3.05, 3.63) is 35.6 Å². The molecule has 0 aromatic heterocycles. The Morgan fingerprint density at radius 1 is 1.38 bits per heavy atom. The molecule has 21 heavy (non-hydrogen) atoms. The SMILES string of the molecule is CC1CC(SCC(=O)NCc2ccc(F)cc2)NC(=O)N1. The van der Waals surface area contributed by atoms with Gasteiger partial charge in [0.05, 0.1) is 11.1 Å². The van der Waals surface area contributed by atoms with Gasteiger partial charge in [-0.3, -0.25) is 4.79 Å². The van der Waals surface area contributed by atoms with E-state index in [2.05, 4.69) is 16.0 Å². The minimum atomic E-state index is -0.295. The van der Waals surface area contributed by atoms with Crippen LogP contribution in [0.4, 0.5) is 9.18 Å². The predicted octanol–water partition coefficient (Wildman–Crippen LogP) is 1.59. The van der Waals surface area contributed by atoms with E-state index in [0.29, 0.717) is 6.54 Å². The number of rotatable bonds is 5. The summed E-state index contributed by atoms with van der Waals surface area (Å²) in [5.74, 6) is -0.125. The highest BCUT2D eigenvalue weighted by molar-refractivity contribution is 8.00. The molecule has 2 unspecified atom stereocenters. The highest BCUT2D eigenvalue weighted by Crippen LogP contribution is 2.16. The lowest BCUT2D eigenvalue weighted by atomic mass is 10.2. The maximum Gasteiger partial charge on any atom is 0.315 e. The Kier molecular flexibility index (Phi) is 5.44. The van der Waals surface area contributed by atoms with Crippen LogP contribution in [0.2, 0.25) is 0 Å². The van der Waals surface area contributed by atoms with Crippen molar-refractivity contribution in [1.29, 1.82) is 0 Å². The highest BCUT2D eigenvalue weighted by Gasteiger charge is 2.23. The minimum absolute atomic E-state index is 0.0506. The Balaban J connectivity index is 1.70. The van der Waals surface area contributed by atoms with Crippen LogP contribution in [0.3, 0.4) is 0 Å². The standard InChI is InChI=1S/C14H18FN3O2S/c1-9-6-13(18-14(20)17-9)21-8-12(19)16-7-10-2-4-11(15)5-3-10/h2-5,9,13H,6-8H2,1H3,(H,16,19)(H2,17,18,20). The Morgan fingerprint density at radius 2 is 2.10 bits per heavy atom. The van der Waals surface area contributed by atoms with Gasteiger partial charge in [-0.15, -0.1) is 11.8 Å². The maximum atomic E-state index is 12.7. The molecule has 0 bridgehead atoms. The summed E-state index contributed by atoms with van der Waals surface area (Å²) in [5, 5.41) is 8.25. The number of halogens is 1. The van der Waals surface area contributed by atoms with Gasteiger partial charge in [-0.2, -0.15) is 0 Å². The molecule has 1 heterocycles. The predicted molar refractivity (Wildman–Crippen MR) is 80.2 cm³/mol. The summed E-state index contributed by atoms with van der Waals surface area (Å²) in [4.78, 5) is 23.1. The molecule has 0 aliphatic carbocycles. The Hall–Kier alpha value is -1.76. The van der Waals surface area contributed by atoms with E-state index in [1.807, 2.05) is 6.92 Å². The van der Waals surface area contributed by atoms with Crippen molar-refractivity contribution < 1.29 is 14.0 Å². The van der Waals surface area contributed by atoms with Gasteiger partial charge in [-0.1, -0.05) is 12.1 Å². The molecule has 1 saturated heterocycles. The molecule has 1 fully saturated rings. The monoisotopic (exact) mass is 311 g/mol. The molecule has 3 amide bonds. The molecule has 0 saturated carbocycles. The number of hydrogen-bond acceptors (Lipinski definition) is 3. The lowest BCUT2D eigenvalue weighted by Crippen LogP contribution is -2.52. The summed E-state index contributed by atoms with van der Waals surface area (Å²) < 4.78 is 12.7. The smallest absolute Gasteiger partial charge is 0.315 e. The number of thioether (sulfide) groups is 1. The minimum Gasteiger partial charge on any atom is -0.351 e. The first-order valence-corrected chi connectivity index (χ1v) is 7.77. The van der Waals surface area contributed by atoms with E-state index in [-0.39, 0.29) is 34.9 Å². The second kappa shape index (κ2) is 7.31. The van der Waals surface area contributed by atoms with Crippen molar-refractivity contribution in [2.45, 2.75) is 31.3 Å². The number of nitrogens with one attached hydrogen (secondary N) is 3. The summed E-state index contributed by atoms with van der Waals surface area (Å²) in [7, 11) is 0. The fraction of sp³-hybridized carbons (Fsp3) is 0.429. The van der Waals surface area contributed by atoms with E-state index in [9.17, 15) is 14.0 Å². The number of carbonyl (C=O) groups is 2. The Labute approximate surface area is 127 Å². The maximum absolute atomic E-state index is 12.7. The fourth-order valence-electron chi connectivity index (χ4n) is 1.99. The third kappa shape index (κ3) is 5.26. The molecule has 1 aliphatic rings. The summed E-state index contributed by atoms with van der Waals surface area (Å²) in [6.07, 6.45) is 0.779. The van der Waals surface area contributed by atoms with Crippen LogP contribution in [-0.4, -0.2) is 29.1 Å². The first kappa shape index (κ1) is 15.6. The van der Waals surface area contributed by atoms with Crippen LogP contribution in [0.15, 0.2) is 24.3 Å². The zero-order valence-corrected chi connectivity index (χ0v) is 12.5. The van der Waals surface area contributed by atoms with E-state index in [4.69, 9.17) is 0 Å². The largest absolute Gasteiger partial charge is 0.351 e. The zero-order chi connectivity index (χ0) is 15.2. The van der Waals surface area contributed by atoms with Gasteiger partial charge < -0.3 is 16.0 Å². The highest BCUT2D eigenvalue weighted by atomic mass is 32.2. The molecular weight excluding hydrogens is 293 g/mol. The van der Waals surface area contributed by atoms with Crippen molar-refractivity contribution in [3.8, 4) is 0 Å². The average molecular weight is 311 g/mol. The fourth-order valence-corrected chi connectivity index (χ4v) is 3.06. The number of amides is 3. The van der Waals surface area contributed by atoms with E-state index >= 15 is 0 Å². The molecule has 5 nitrogen and oxygen atoms in total. The number of benzene rings is 1. The summed E-state index contributed by atoms with van der Waals surface area (Å²) >= 11 is 1.41. The van der Waals surface area contributed by atoms with E-state index < -0.39 is 0 Å². The molecule has 0 radical (unpaired) electrons. The van der Waals surface area contributed by atoms with Crippen molar-refractivity contribution >= 4 is 23.7 Å². The van der Waals surface area contributed by atoms with Gasteiger partial charge in [0, 0.05) is 12.6 Å². The lowest BCUT2D eigenvalue weighted by molar-refractivity contribution is -0.118. The number of urea groups is 1. The molecule has 1 aliphatic heterocycles. The average Bonchev–Trinajstić information content (AvgIpc) is 2.43. The van der Waals surface area contributed by atoms with Crippen LogP contribution in [0.5, 0.6) is 0 Å². The van der Waals surface area contributed by atoms with Crippen molar-refractivity contribution in [1.82, 2.24) is 16.0 Å². The van der Waals surface area contributed by atoms with Gasteiger partial charge in [0.1, 0.15) is 5.82 Å². The van der Waals surface area contributed by atoms with Gasteiger partial charge in [-0.05, 0) is 31.0 Å². The van der Waals surface area contributed by atoms with Crippen LogP contribution >= 0.6 is 11.8 Å². The van der Waals surface area contributed by atoms with Gasteiger partial charge in [0.15, 0.2) is 0 Å². The van der Waals surface area contributed by atoms with Crippen LogP contribution in [0, 0.1) is 5.82 Å². The van der Waals surface area contributed by atoms with E-state index in [1.165, 1.54) is 23.9 Å². The molecule has 2 rings (SSSR count). The quantitative estimate of drug-likeness (QED) is 0.773. The van der Waals surface area contributed by atoms with Gasteiger partial charge in [0.2, 0.25) is 5.91 Å². The molecule has 7 heteroatoms. The first-order chi connectivity index (χ1) is 10.0. The summed E-state index contributed by atoms with van der Waals surface area (Å²) in [6.45, 7) is 2.30. The number of carbonyl (C=O) groups excluding carboxylic acids is 2. The summed E-state index contributed by atoms with van der Waals surface area (Å²) in [6, 6.07) is 5.91. The van der Waals surface area contributed by atoms with E-state index in [0.717, 1.165) is 12.0 Å². The first-order valence-electron chi connectivity index (χ1n) is 6.72. The molecule has 2 atom stereocenters. The molecule has 1 aromatic rings. The molecular formula is C14H18FN3O2S. The van der Waals surface area contributed by atoms with Crippen LogP contribution in [0.25, 0.3) is 0 Å². The Morgan fingerprint density at radius 3 is 2.76 bits per heavy atom. The van der Waals surface area contributed by atoms with Crippen LogP contribution in [-0.2, 0) is 11.3 Å². The van der Waals surface area contributed by atoms with Crippen LogP contribution in [0.1, 0.15) is 18.9 Å². The second-order valence-corrected chi connectivity index (χ2v) is 6.15. The molecule has 3 N–H and O–H groups in total. The lowest BCUT2D eigenvalue weighted by Gasteiger charge is -2.28. The van der Waals surface area contributed by atoms with Crippen molar-refractivity contribution in [2.24, 2.45) is 0 Å². The normalized spacial score (nSPS) is 21.3. The molecule has 1 aromatic carbocycles. The third-order valence-corrected chi connectivity index (χ3v) is 4.20. The zero-order valence-electron chi connectivity index (χ0n) is 11.7. The molecule has 0 spiro atoms. The van der Waals surface area contributed by atoms with Crippen molar-refractivity contribution in [3.63, 3.8) is 0 Å².